The van der Waals surface area contributed by atoms with Gasteiger partial charge in [0.1, 0.15) is 24.0 Å². The quantitative estimate of drug-likeness (QED) is 0.851. The largest absolute Gasteiger partial charge is 0.492 e. The number of halogens is 2. The predicted molar refractivity (Wildman–Crippen MR) is 77.5 cm³/mol. The number of rotatable bonds is 3. The van der Waals surface area contributed by atoms with Crippen LogP contribution in [0.2, 0.25) is 0 Å². The van der Waals surface area contributed by atoms with Crippen molar-refractivity contribution in [3.05, 3.63) is 63.9 Å². The van der Waals surface area contributed by atoms with Crippen LogP contribution < -0.4 is 4.74 Å². The lowest BCUT2D eigenvalue weighted by atomic mass is 9.93. The van der Waals surface area contributed by atoms with Gasteiger partial charge in [-0.1, -0.05) is 24.3 Å². The van der Waals surface area contributed by atoms with Crippen LogP contribution in [0.4, 0.5) is 4.39 Å². The second kappa shape index (κ2) is 5.37. The maximum atomic E-state index is 13.2. The van der Waals surface area contributed by atoms with Crippen molar-refractivity contribution in [3.8, 4) is 5.75 Å². The second-order valence-corrected chi connectivity index (χ2v) is 5.65. The first-order valence-corrected chi connectivity index (χ1v) is 7.13. The smallest absolute Gasteiger partial charge is 0.148 e. The Morgan fingerprint density at radius 1 is 1.30 bits per heavy atom. The van der Waals surface area contributed by atoms with E-state index in [-0.39, 0.29) is 23.9 Å². The summed E-state index contributed by atoms with van der Waals surface area (Å²) in [6.07, 6.45) is 0.279. The molecule has 0 saturated heterocycles. The molecule has 0 amide bonds. The summed E-state index contributed by atoms with van der Waals surface area (Å²) < 4.78 is 19.1. The van der Waals surface area contributed by atoms with Crippen LogP contribution in [0.5, 0.6) is 5.75 Å². The Morgan fingerprint density at radius 3 is 2.90 bits per heavy atom. The summed E-state index contributed by atoms with van der Waals surface area (Å²) in [5, 5.41) is 0. The van der Waals surface area contributed by atoms with E-state index >= 15 is 0 Å². The highest BCUT2D eigenvalue weighted by Gasteiger charge is 2.29. The van der Waals surface area contributed by atoms with Gasteiger partial charge < -0.3 is 4.74 Å². The van der Waals surface area contributed by atoms with Crippen LogP contribution in [-0.2, 0) is 11.2 Å². The average Bonchev–Trinajstić information content (AvgIpc) is 2.87. The molecule has 0 aliphatic carbocycles. The zero-order valence-corrected chi connectivity index (χ0v) is 12.2. The molecule has 0 N–H and O–H groups in total. The summed E-state index contributed by atoms with van der Waals surface area (Å²) in [5.41, 5.74) is 1.74. The van der Waals surface area contributed by atoms with Gasteiger partial charge in [-0.05, 0) is 39.7 Å². The van der Waals surface area contributed by atoms with Crippen LogP contribution in [0.3, 0.4) is 0 Å². The van der Waals surface area contributed by atoms with Gasteiger partial charge in [0.15, 0.2) is 0 Å². The molecule has 0 bridgehead atoms. The fraction of sp³-hybridized carbons (Fsp3) is 0.188. The van der Waals surface area contributed by atoms with E-state index in [2.05, 4.69) is 15.9 Å². The summed E-state index contributed by atoms with van der Waals surface area (Å²) in [7, 11) is 0. The molecule has 0 aromatic heterocycles. The van der Waals surface area contributed by atoms with E-state index < -0.39 is 0 Å². The average molecular weight is 335 g/mol. The van der Waals surface area contributed by atoms with E-state index in [1.165, 1.54) is 6.07 Å². The predicted octanol–water partition coefficient (Wildman–Crippen LogP) is 3.88. The molecule has 2 aromatic carbocycles. The number of carbonyl (C=O) groups is 1. The molecular formula is C16H12BrFO2. The van der Waals surface area contributed by atoms with Crippen LogP contribution in [0.1, 0.15) is 17.0 Å². The van der Waals surface area contributed by atoms with Crippen LogP contribution >= 0.6 is 15.9 Å². The van der Waals surface area contributed by atoms with Gasteiger partial charge in [-0.25, -0.2) is 4.39 Å². The molecule has 0 radical (unpaired) electrons. The maximum absolute atomic E-state index is 13.2. The van der Waals surface area contributed by atoms with Crippen molar-refractivity contribution in [1.29, 1.82) is 0 Å². The Balaban J connectivity index is 1.79. The summed E-state index contributed by atoms with van der Waals surface area (Å²) >= 11 is 3.13. The first kappa shape index (κ1) is 13.3. The summed E-state index contributed by atoms with van der Waals surface area (Å²) in [6.45, 7) is 0.389. The first-order valence-electron chi connectivity index (χ1n) is 6.33. The Kier molecular flexibility index (Phi) is 3.57. The minimum atomic E-state index is -0.323. The van der Waals surface area contributed by atoms with Gasteiger partial charge in [0.25, 0.3) is 0 Å². The summed E-state index contributed by atoms with van der Waals surface area (Å²) in [5.74, 6) is 0.324. The fourth-order valence-electron chi connectivity index (χ4n) is 2.40. The van der Waals surface area contributed by atoms with Crippen LogP contribution in [0.15, 0.2) is 46.9 Å². The topological polar surface area (TPSA) is 26.3 Å². The van der Waals surface area contributed by atoms with Gasteiger partial charge in [-0.15, -0.1) is 0 Å². The number of benzene rings is 2. The standard InChI is InChI=1S/C16H12BrFO2/c17-13-7-10(5-6-14(13)18)8-15(19)12-9-20-16-4-2-1-3-11(12)16/h1-7,12H,8-9H2. The van der Waals surface area contributed by atoms with Crippen molar-refractivity contribution >= 4 is 21.7 Å². The number of fused-ring (bicyclic) bond motifs is 1. The van der Waals surface area contributed by atoms with Gasteiger partial charge in [0.2, 0.25) is 0 Å². The number of ether oxygens (including phenoxy) is 1. The zero-order valence-electron chi connectivity index (χ0n) is 10.6. The number of para-hydroxylation sites is 1. The summed E-state index contributed by atoms with van der Waals surface area (Å²) in [4.78, 5) is 12.4. The minimum Gasteiger partial charge on any atom is -0.492 e. The molecule has 1 aliphatic heterocycles. The molecule has 102 valence electrons. The van der Waals surface area contributed by atoms with E-state index in [0.29, 0.717) is 11.1 Å². The third-order valence-electron chi connectivity index (χ3n) is 3.45. The monoisotopic (exact) mass is 334 g/mol. The number of carbonyl (C=O) groups excluding carboxylic acids is 1. The maximum Gasteiger partial charge on any atom is 0.148 e. The lowest BCUT2D eigenvalue weighted by molar-refractivity contribution is -0.120. The van der Waals surface area contributed by atoms with Gasteiger partial charge in [0, 0.05) is 12.0 Å². The Bertz CT molecular complexity index is 669. The highest BCUT2D eigenvalue weighted by atomic mass is 79.9. The van der Waals surface area contributed by atoms with Crippen molar-refractivity contribution in [2.24, 2.45) is 0 Å². The Morgan fingerprint density at radius 2 is 2.10 bits per heavy atom. The summed E-state index contributed by atoms with van der Waals surface area (Å²) in [6, 6.07) is 12.2. The van der Waals surface area contributed by atoms with E-state index in [0.717, 1.165) is 16.9 Å². The molecule has 3 rings (SSSR count). The van der Waals surface area contributed by atoms with Crippen molar-refractivity contribution in [3.63, 3.8) is 0 Å². The van der Waals surface area contributed by atoms with Gasteiger partial charge in [-0.2, -0.15) is 0 Å². The van der Waals surface area contributed by atoms with Gasteiger partial charge in [0.05, 0.1) is 10.4 Å². The molecule has 1 heterocycles. The number of hydrogen-bond acceptors (Lipinski definition) is 2. The number of Topliss-reactive ketones (excluding diaryl/α,β-unsaturated/α-hetero) is 1. The van der Waals surface area contributed by atoms with Gasteiger partial charge >= 0.3 is 0 Å². The second-order valence-electron chi connectivity index (χ2n) is 4.79. The molecule has 1 unspecified atom stereocenters. The highest BCUT2D eigenvalue weighted by molar-refractivity contribution is 9.10. The van der Waals surface area contributed by atoms with Crippen molar-refractivity contribution in [2.45, 2.75) is 12.3 Å². The first-order chi connectivity index (χ1) is 9.65. The molecule has 2 nitrogen and oxygen atoms in total. The van der Waals surface area contributed by atoms with E-state index in [1.807, 2.05) is 24.3 Å². The normalized spacial score (nSPS) is 16.6. The Labute approximate surface area is 124 Å². The minimum absolute atomic E-state index is 0.0912. The SMILES string of the molecule is O=C(Cc1ccc(F)c(Br)c1)C1COc2ccccc21. The zero-order chi connectivity index (χ0) is 14.1. The van der Waals surface area contributed by atoms with E-state index in [9.17, 15) is 9.18 Å². The number of ketones is 1. The van der Waals surface area contributed by atoms with Crippen molar-refractivity contribution in [2.75, 3.05) is 6.61 Å². The van der Waals surface area contributed by atoms with Crippen LogP contribution in [0.25, 0.3) is 0 Å². The Hall–Kier alpha value is -1.68. The molecule has 0 spiro atoms. The highest BCUT2D eigenvalue weighted by Crippen LogP contribution is 2.34. The molecule has 1 atom stereocenters. The third-order valence-corrected chi connectivity index (χ3v) is 4.06. The van der Waals surface area contributed by atoms with Crippen LogP contribution in [-0.4, -0.2) is 12.4 Å². The molecular weight excluding hydrogens is 323 g/mol. The molecule has 2 aromatic rings. The van der Waals surface area contributed by atoms with E-state index in [4.69, 9.17) is 4.74 Å². The third kappa shape index (κ3) is 2.48. The van der Waals surface area contributed by atoms with Crippen molar-refractivity contribution < 1.29 is 13.9 Å². The fourth-order valence-corrected chi connectivity index (χ4v) is 2.83. The molecule has 20 heavy (non-hydrogen) atoms. The molecule has 0 fully saturated rings. The van der Waals surface area contributed by atoms with Crippen LogP contribution in [0, 0.1) is 5.82 Å². The van der Waals surface area contributed by atoms with E-state index in [1.54, 1.807) is 12.1 Å². The lowest BCUT2D eigenvalue weighted by Crippen LogP contribution is -2.16. The lowest BCUT2D eigenvalue weighted by Gasteiger charge is -2.08. The molecule has 0 saturated carbocycles. The number of hydrogen-bond donors (Lipinski definition) is 0. The van der Waals surface area contributed by atoms with Crippen molar-refractivity contribution in [1.82, 2.24) is 0 Å². The molecule has 1 aliphatic rings. The van der Waals surface area contributed by atoms with Gasteiger partial charge in [-0.3, -0.25) is 4.79 Å². The molecule has 4 heteroatoms.